The van der Waals surface area contributed by atoms with Crippen LogP contribution in [0.5, 0.6) is 5.75 Å². The Kier molecular flexibility index (Phi) is 4.27. The van der Waals surface area contributed by atoms with Gasteiger partial charge in [-0.25, -0.2) is 4.79 Å². The van der Waals surface area contributed by atoms with E-state index in [4.69, 9.17) is 4.74 Å². The molecule has 0 aliphatic heterocycles. The Bertz CT molecular complexity index is 259. The van der Waals surface area contributed by atoms with Crippen molar-refractivity contribution < 1.29 is 9.53 Å². The minimum absolute atomic E-state index is 0.159. The predicted molar refractivity (Wildman–Crippen MR) is 62.7 cm³/mol. The standard InChI is InChI=1S/C8H5I2O2/c9-7(10)8(11)12-6-4-2-1-3-5-6/h1-4,7H. The molecule has 0 amide bonds. The zero-order valence-electron chi connectivity index (χ0n) is 5.96. The van der Waals surface area contributed by atoms with Crippen molar-refractivity contribution in [2.45, 2.75) is 1.93 Å². The summed E-state index contributed by atoms with van der Waals surface area (Å²) in [6.07, 6.45) is 0. The first-order valence-electron chi connectivity index (χ1n) is 3.16. The van der Waals surface area contributed by atoms with Gasteiger partial charge in [-0.05, 0) is 6.07 Å². The first-order valence-corrected chi connectivity index (χ1v) is 5.66. The highest BCUT2D eigenvalue weighted by Gasteiger charge is 2.12. The molecule has 0 aliphatic carbocycles. The molecule has 0 heterocycles. The Balaban J connectivity index is 2.59. The minimum atomic E-state index is -0.251. The fourth-order valence-electron chi connectivity index (χ4n) is 0.593. The van der Waals surface area contributed by atoms with E-state index in [-0.39, 0.29) is 7.90 Å². The van der Waals surface area contributed by atoms with Gasteiger partial charge in [0.15, 0.2) is 1.93 Å². The van der Waals surface area contributed by atoms with E-state index in [1.165, 1.54) is 0 Å². The average Bonchev–Trinajstić information content (AvgIpc) is 2.06. The number of carbonyl (C=O) groups is 1. The Hall–Kier alpha value is 0.150. The van der Waals surface area contributed by atoms with Crippen molar-refractivity contribution in [2.75, 3.05) is 0 Å². The molecule has 12 heavy (non-hydrogen) atoms. The molecule has 0 fully saturated rings. The molecule has 1 radical (unpaired) electrons. The fourth-order valence-corrected chi connectivity index (χ4v) is 0.848. The molecule has 0 spiro atoms. The Morgan fingerprint density at radius 3 is 2.75 bits per heavy atom. The number of rotatable bonds is 2. The van der Waals surface area contributed by atoms with Gasteiger partial charge in [-0.1, -0.05) is 63.4 Å². The molecule has 1 aromatic rings. The molecule has 0 N–H and O–H groups in total. The van der Waals surface area contributed by atoms with Crippen LogP contribution in [-0.4, -0.2) is 7.90 Å². The number of hydrogen-bond donors (Lipinski definition) is 0. The summed E-state index contributed by atoms with van der Waals surface area (Å²) in [5.41, 5.74) is 0. The van der Waals surface area contributed by atoms with E-state index >= 15 is 0 Å². The average molecular weight is 387 g/mol. The summed E-state index contributed by atoms with van der Waals surface area (Å²) in [6, 6.07) is 9.84. The highest BCUT2D eigenvalue weighted by molar-refractivity contribution is 14.2. The molecule has 0 aliphatic rings. The fraction of sp³-hybridized carbons (Fsp3) is 0.125. The lowest BCUT2D eigenvalue weighted by Crippen LogP contribution is -2.14. The predicted octanol–water partition coefficient (Wildman–Crippen LogP) is 2.59. The summed E-state index contributed by atoms with van der Waals surface area (Å²) < 4.78 is 4.81. The SMILES string of the molecule is O=C(Oc1[c]cccc1)C(I)I. The van der Waals surface area contributed by atoms with Crippen LogP contribution in [0.2, 0.25) is 0 Å². The van der Waals surface area contributed by atoms with Crippen LogP contribution in [0.15, 0.2) is 24.3 Å². The number of hydrogen-bond acceptors (Lipinski definition) is 2. The molecule has 0 unspecified atom stereocenters. The van der Waals surface area contributed by atoms with Crippen molar-refractivity contribution in [3.05, 3.63) is 30.3 Å². The summed E-state index contributed by atoms with van der Waals surface area (Å²) in [7, 11) is 0. The minimum Gasteiger partial charge on any atom is -0.425 e. The van der Waals surface area contributed by atoms with Gasteiger partial charge in [-0.15, -0.1) is 0 Å². The number of carbonyl (C=O) groups excluding carboxylic acids is 1. The zero-order chi connectivity index (χ0) is 8.97. The van der Waals surface area contributed by atoms with E-state index in [2.05, 4.69) is 6.07 Å². The molecule has 0 saturated carbocycles. The highest BCUT2D eigenvalue weighted by atomic mass is 127. The van der Waals surface area contributed by atoms with Crippen molar-refractivity contribution in [3.63, 3.8) is 0 Å². The third-order valence-electron chi connectivity index (χ3n) is 1.07. The molecular weight excluding hydrogens is 382 g/mol. The van der Waals surface area contributed by atoms with Crippen LogP contribution in [-0.2, 0) is 4.79 Å². The van der Waals surface area contributed by atoms with E-state index in [1.807, 2.05) is 51.2 Å². The quantitative estimate of drug-likeness (QED) is 0.338. The van der Waals surface area contributed by atoms with Crippen LogP contribution >= 0.6 is 45.2 Å². The second-order valence-electron chi connectivity index (χ2n) is 1.95. The Morgan fingerprint density at radius 2 is 2.25 bits per heavy atom. The molecule has 4 heteroatoms. The van der Waals surface area contributed by atoms with Gasteiger partial charge in [0.05, 0.1) is 0 Å². The molecule has 1 rings (SSSR count). The van der Waals surface area contributed by atoms with Gasteiger partial charge in [-0.2, -0.15) is 0 Å². The summed E-state index contributed by atoms with van der Waals surface area (Å²) >= 11 is 3.99. The normalized spacial score (nSPS) is 9.92. The summed E-state index contributed by atoms with van der Waals surface area (Å²) in [5.74, 6) is 0.222. The molecular formula is C8H5I2O2. The Morgan fingerprint density at radius 1 is 1.50 bits per heavy atom. The number of ether oxygens (including phenoxy) is 1. The van der Waals surface area contributed by atoms with Crippen LogP contribution in [0.25, 0.3) is 0 Å². The second-order valence-corrected chi connectivity index (χ2v) is 6.82. The number of para-hydroxylation sites is 1. The molecule has 0 atom stereocenters. The highest BCUT2D eigenvalue weighted by Crippen LogP contribution is 2.15. The lowest BCUT2D eigenvalue weighted by Gasteiger charge is -2.02. The van der Waals surface area contributed by atoms with Crippen LogP contribution < -0.4 is 4.74 Å². The van der Waals surface area contributed by atoms with Gasteiger partial charge in [0.25, 0.3) is 0 Å². The van der Waals surface area contributed by atoms with Gasteiger partial charge in [0.2, 0.25) is 0 Å². The zero-order valence-corrected chi connectivity index (χ0v) is 10.3. The van der Waals surface area contributed by atoms with E-state index in [0.717, 1.165) is 0 Å². The third kappa shape index (κ3) is 3.26. The first-order chi connectivity index (χ1) is 5.70. The number of benzene rings is 1. The maximum Gasteiger partial charge on any atom is 0.334 e. The van der Waals surface area contributed by atoms with E-state index in [0.29, 0.717) is 5.75 Å². The van der Waals surface area contributed by atoms with E-state index in [1.54, 1.807) is 18.2 Å². The Labute approximate surface area is 98.0 Å². The van der Waals surface area contributed by atoms with Crippen LogP contribution in [0, 0.1) is 6.07 Å². The maximum atomic E-state index is 11.1. The van der Waals surface area contributed by atoms with E-state index in [9.17, 15) is 4.79 Å². The van der Waals surface area contributed by atoms with Crippen molar-refractivity contribution in [2.24, 2.45) is 0 Å². The molecule has 0 saturated heterocycles. The summed E-state index contributed by atoms with van der Waals surface area (Å²) in [6.45, 7) is 0. The lowest BCUT2D eigenvalue weighted by molar-refractivity contribution is -0.131. The molecule has 1 aromatic carbocycles. The maximum absolute atomic E-state index is 11.1. The topological polar surface area (TPSA) is 26.3 Å². The van der Waals surface area contributed by atoms with E-state index < -0.39 is 0 Å². The summed E-state index contributed by atoms with van der Waals surface area (Å²) in [4.78, 5) is 11.1. The first kappa shape index (κ1) is 10.2. The van der Waals surface area contributed by atoms with Gasteiger partial charge in [0.1, 0.15) is 5.75 Å². The second kappa shape index (κ2) is 5.00. The molecule has 0 bridgehead atoms. The third-order valence-corrected chi connectivity index (χ3v) is 2.09. The molecule has 0 aromatic heterocycles. The van der Waals surface area contributed by atoms with Gasteiger partial charge >= 0.3 is 5.97 Å². The molecule has 2 nitrogen and oxygen atoms in total. The smallest absolute Gasteiger partial charge is 0.334 e. The van der Waals surface area contributed by atoms with Crippen LogP contribution in [0.4, 0.5) is 0 Å². The van der Waals surface area contributed by atoms with Gasteiger partial charge in [0, 0.05) is 6.07 Å². The monoisotopic (exact) mass is 387 g/mol. The lowest BCUT2D eigenvalue weighted by atomic mass is 10.3. The molecule has 63 valence electrons. The largest absolute Gasteiger partial charge is 0.425 e. The summed E-state index contributed by atoms with van der Waals surface area (Å²) in [5, 5.41) is 0. The van der Waals surface area contributed by atoms with Gasteiger partial charge in [-0.3, -0.25) is 0 Å². The van der Waals surface area contributed by atoms with Crippen LogP contribution in [0.3, 0.4) is 0 Å². The van der Waals surface area contributed by atoms with Crippen molar-refractivity contribution >= 4 is 51.2 Å². The van der Waals surface area contributed by atoms with Crippen molar-refractivity contribution in [3.8, 4) is 5.75 Å². The number of halogens is 2. The number of alkyl halides is 2. The number of esters is 1. The van der Waals surface area contributed by atoms with Crippen molar-refractivity contribution in [1.82, 2.24) is 0 Å². The van der Waals surface area contributed by atoms with Gasteiger partial charge < -0.3 is 4.74 Å². The van der Waals surface area contributed by atoms with Crippen LogP contribution in [0.1, 0.15) is 0 Å². The van der Waals surface area contributed by atoms with Crippen molar-refractivity contribution in [1.29, 1.82) is 0 Å².